The topological polar surface area (TPSA) is 54.2 Å². The van der Waals surface area contributed by atoms with E-state index in [0.29, 0.717) is 18.7 Å². The summed E-state index contributed by atoms with van der Waals surface area (Å²) in [6.45, 7) is 0.833. The molecule has 28 heavy (non-hydrogen) atoms. The van der Waals surface area contributed by atoms with Crippen LogP contribution in [0, 0.1) is 5.82 Å². The fourth-order valence-corrected chi connectivity index (χ4v) is 3.83. The zero-order chi connectivity index (χ0) is 19.3. The first-order chi connectivity index (χ1) is 13.6. The van der Waals surface area contributed by atoms with E-state index in [9.17, 15) is 9.50 Å². The second-order valence-electron chi connectivity index (χ2n) is 7.17. The Bertz CT molecular complexity index is 1190. The Morgan fingerprint density at radius 2 is 1.96 bits per heavy atom. The fourth-order valence-electron chi connectivity index (χ4n) is 3.83. The summed E-state index contributed by atoms with van der Waals surface area (Å²) in [6.07, 6.45) is 2.77. The SMILES string of the molecule is Cn1ncc2ccc(-c3ccc(CN4Cc5ncccc5C4O)c(F)c3)cc21. The van der Waals surface area contributed by atoms with Gasteiger partial charge in [-0.2, -0.15) is 5.10 Å². The minimum atomic E-state index is -0.755. The van der Waals surface area contributed by atoms with Crippen LogP contribution in [0.15, 0.2) is 60.9 Å². The van der Waals surface area contributed by atoms with Crippen LogP contribution >= 0.6 is 0 Å². The van der Waals surface area contributed by atoms with Crippen LogP contribution in [-0.4, -0.2) is 24.8 Å². The normalized spacial score (nSPS) is 16.6. The Labute approximate surface area is 161 Å². The Hall–Kier alpha value is -3.09. The average Bonchev–Trinajstić information content (AvgIpc) is 3.24. The molecule has 5 rings (SSSR count). The van der Waals surface area contributed by atoms with Crippen molar-refractivity contribution in [2.75, 3.05) is 0 Å². The van der Waals surface area contributed by atoms with Crippen molar-refractivity contribution in [2.45, 2.75) is 19.3 Å². The van der Waals surface area contributed by atoms with E-state index in [1.54, 1.807) is 24.4 Å². The number of fused-ring (bicyclic) bond motifs is 2. The number of pyridine rings is 1. The molecule has 1 aliphatic heterocycles. The van der Waals surface area contributed by atoms with Crippen molar-refractivity contribution in [2.24, 2.45) is 7.05 Å². The molecule has 0 spiro atoms. The second kappa shape index (κ2) is 6.51. The Kier molecular flexibility index (Phi) is 3.96. The van der Waals surface area contributed by atoms with Gasteiger partial charge in [0, 0.05) is 42.8 Å². The minimum Gasteiger partial charge on any atom is -0.374 e. The number of aliphatic hydroxyl groups is 1. The first kappa shape index (κ1) is 17.0. The number of hydrogen-bond donors (Lipinski definition) is 1. The number of halogens is 1. The molecule has 1 atom stereocenters. The fraction of sp³-hybridized carbons (Fsp3) is 0.182. The molecular weight excluding hydrogens is 355 g/mol. The summed E-state index contributed by atoms with van der Waals surface area (Å²) in [6, 6.07) is 14.9. The van der Waals surface area contributed by atoms with E-state index in [2.05, 4.69) is 10.1 Å². The molecule has 140 valence electrons. The zero-order valence-corrected chi connectivity index (χ0v) is 15.4. The van der Waals surface area contributed by atoms with Crippen molar-refractivity contribution in [3.05, 3.63) is 83.6 Å². The lowest BCUT2D eigenvalue weighted by atomic mass is 10.0. The first-order valence-electron chi connectivity index (χ1n) is 9.16. The number of rotatable bonds is 3. The number of aliphatic hydroxyl groups excluding tert-OH is 1. The maximum absolute atomic E-state index is 14.8. The monoisotopic (exact) mass is 374 g/mol. The highest BCUT2D eigenvalue weighted by Crippen LogP contribution is 2.32. The third-order valence-corrected chi connectivity index (χ3v) is 5.41. The van der Waals surface area contributed by atoms with Crippen LogP contribution in [0.25, 0.3) is 22.0 Å². The molecule has 6 heteroatoms. The highest BCUT2D eigenvalue weighted by Gasteiger charge is 2.29. The first-order valence-corrected chi connectivity index (χ1v) is 9.16. The molecule has 1 aliphatic rings. The molecule has 0 bridgehead atoms. The lowest BCUT2D eigenvalue weighted by molar-refractivity contribution is 0.00695. The van der Waals surface area contributed by atoms with E-state index < -0.39 is 6.23 Å². The highest BCUT2D eigenvalue weighted by atomic mass is 19.1. The summed E-state index contributed by atoms with van der Waals surface area (Å²) >= 11 is 0. The smallest absolute Gasteiger partial charge is 0.136 e. The summed E-state index contributed by atoms with van der Waals surface area (Å²) in [5.41, 5.74) is 4.96. The Morgan fingerprint density at radius 3 is 2.79 bits per heavy atom. The lowest BCUT2D eigenvalue weighted by Gasteiger charge is -2.20. The van der Waals surface area contributed by atoms with Crippen molar-refractivity contribution in [3.8, 4) is 11.1 Å². The quantitative estimate of drug-likeness (QED) is 0.593. The van der Waals surface area contributed by atoms with Crippen molar-refractivity contribution < 1.29 is 9.50 Å². The third-order valence-electron chi connectivity index (χ3n) is 5.41. The standard InChI is InChI=1S/C22H19FN4O/c1-26-21-10-15(4-6-16(21)11-25-26)14-5-7-17(19(23)9-14)12-27-13-20-18(22(27)28)3-2-8-24-20/h2-11,22,28H,12-13H2,1H3. The third kappa shape index (κ3) is 2.78. The molecule has 5 nitrogen and oxygen atoms in total. The predicted molar refractivity (Wildman–Crippen MR) is 105 cm³/mol. The van der Waals surface area contributed by atoms with Crippen LogP contribution in [0.1, 0.15) is 23.0 Å². The summed E-state index contributed by atoms with van der Waals surface area (Å²) in [4.78, 5) is 6.12. The summed E-state index contributed by atoms with van der Waals surface area (Å²) < 4.78 is 16.6. The van der Waals surface area contributed by atoms with Crippen molar-refractivity contribution in [1.29, 1.82) is 0 Å². The number of nitrogens with zero attached hydrogens (tertiary/aromatic N) is 4. The van der Waals surface area contributed by atoms with Crippen molar-refractivity contribution >= 4 is 10.9 Å². The number of aryl methyl sites for hydroxylation is 1. The van der Waals surface area contributed by atoms with Crippen molar-refractivity contribution in [1.82, 2.24) is 19.7 Å². The highest BCUT2D eigenvalue weighted by molar-refractivity contribution is 5.84. The van der Waals surface area contributed by atoms with E-state index in [-0.39, 0.29) is 5.82 Å². The van der Waals surface area contributed by atoms with Gasteiger partial charge in [-0.1, -0.05) is 30.3 Å². The molecule has 1 N–H and O–H groups in total. The molecule has 2 aromatic heterocycles. The van der Waals surface area contributed by atoms with Crippen LogP contribution in [0.3, 0.4) is 0 Å². The van der Waals surface area contributed by atoms with Crippen LogP contribution in [-0.2, 0) is 20.1 Å². The van der Waals surface area contributed by atoms with Gasteiger partial charge >= 0.3 is 0 Å². The van der Waals surface area contributed by atoms with E-state index >= 15 is 0 Å². The maximum Gasteiger partial charge on any atom is 0.136 e. The molecule has 0 radical (unpaired) electrons. The molecule has 0 amide bonds. The zero-order valence-electron chi connectivity index (χ0n) is 15.4. The molecular formula is C22H19FN4O. The molecule has 0 fully saturated rings. The van der Waals surface area contributed by atoms with Gasteiger partial charge in [0.05, 0.1) is 17.4 Å². The van der Waals surface area contributed by atoms with Gasteiger partial charge in [-0.05, 0) is 29.3 Å². The van der Waals surface area contributed by atoms with Gasteiger partial charge in [-0.25, -0.2) is 4.39 Å². The van der Waals surface area contributed by atoms with Crippen LogP contribution in [0.2, 0.25) is 0 Å². The molecule has 2 aromatic carbocycles. The Balaban J connectivity index is 1.41. The van der Waals surface area contributed by atoms with E-state index in [1.807, 2.05) is 53.2 Å². The largest absolute Gasteiger partial charge is 0.374 e. The number of hydrogen-bond acceptors (Lipinski definition) is 4. The summed E-state index contributed by atoms with van der Waals surface area (Å²) in [5, 5.41) is 15.8. The lowest BCUT2D eigenvalue weighted by Crippen LogP contribution is -2.22. The van der Waals surface area contributed by atoms with Gasteiger partial charge in [-0.15, -0.1) is 0 Å². The molecule has 1 unspecified atom stereocenters. The van der Waals surface area contributed by atoms with Gasteiger partial charge in [0.15, 0.2) is 0 Å². The van der Waals surface area contributed by atoms with Crippen LogP contribution < -0.4 is 0 Å². The average molecular weight is 374 g/mol. The maximum atomic E-state index is 14.8. The molecule has 0 saturated heterocycles. The molecule has 4 aromatic rings. The minimum absolute atomic E-state index is 0.279. The molecule has 0 saturated carbocycles. The van der Waals surface area contributed by atoms with Gasteiger partial charge in [-0.3, -0.25) is 14.6 Å². The van der Waals surface area contributed by atoms with Crippen LogP contribution in [0.5, 0.6) is 0 Å². The van der Waals surface area contributed by atoms with Gasteiger partial charge < -0.3 is 5.11 Å². The predicted octanol–water partition coefficient (Wildman–Crippen LogP) is 3.78. The summed E-state index contributed by atoms with van der Waals surface area (Å²) in [7, 11) is 1.89. The second-order valence-corrected chi connectivity index (χ2v) is 7.17. The summed E-state index contributed by atoms with van der Waals surface area (Å²) in [5.74, 6) is -0.279. The van der Waals surface area contributed by atoms with E-state index in [4.69, 9.17) is 0 Å². The Morgan fingerprint density at radius 1 is 1.14 bits per heavy atom. The van der Waals surface area contributed by atoms with E-state index in [1.165, 1.54) is 0 Å². The number of aromatic nitrogens is 3. The van der Waals surface area contributed by atoms with Gasteiger partial charge in [0.2, 0.25) is 0 Å². The van der Waals surface area contributed by atoms with Gasteiger partial charge in [0.1, 0.15) is 12.0 Å². The van der Waals surface area contributed by atoms with E-state index in [0.717, 1.165) is 33.3 Å². The van der Waals surface area contributed by atoms with Crippen molar-refractivity contribution in [3.63, 3.8) is 0 Å². The number of benzene rings is 2. The van der Waals surface area contributed by atoms with Crippen LogP contribution in [0.4, 0.5) is 4.39 Å². The van der Waals surface area contributed by atoms with Gasteiger partial charge in [0.25, 0.3) is 0 Å². The molecule has 3 heterocycles. The molecule has 0 aliphatic carbocycles.